The van der Waals surface area contributed by atoms with Gasteiger partial charge in [-0.15, -0.1) is 0 Å². The molecule has 0 aliphatic carbocycles. The van der Waals surface area contributed by atoms with Crippen LogP contribution in [0.3, 0.4) is 0 Å². The van der Waals surface area contributed by atoms with Gasteiger partial charge in [-0.3, -0.25) is 0 Å². The van der Waals surface area contributed by atoms with Crippen LogP contribution < -0.4 is 68.9 Å². The maximum Gasteiger partial charge on any atom is 1.00 e. The second-order valence-electron chi connectivity index (χ2n) is 0.826. The molecule has 40 valence electrons. The standard InChI is InChI=1S/C4H6O2S.Cs/c1-6-4(5)2-3-7;/h2-3,7H,1H3;/q;+1/p-1/b3-2-;. The summed E-state index contributed by atoms with van der Waals surface area (Å²) in [7, 11) is 1.30. The van der Waals surface area contributed by atoms with Gasteiger partial charge in [-0.25, -0.2) is 10.2 Å². The third-order valence-corrected chi connectivity index (χ3v) is 0.541. The van der Waals surface area contributed by atoms with E-state index in [0.717, 1.165) is 0 Å². The topological polar surface area (TPSA) is 26.3 Å². The zero-order chi connectivity index (χ0) is 5.70. The van der Waals surface area contributed by atoms with Crippen LogP contribution in [-0.4, -0.2) is 13.1 Å². The smallest absolute Gasteiger partial charge is 0.787 e. The van der Waals surface area contributed by atoms with E-state index in [1.54, 1.807) is 0 Å². The number of esters is 1. The third kappa shape index (κ3) is 7.48. The van der Waals surface area contributed by atoms with E-state index in [4.69, 9.17) is 0 Å². The Kier molecular flexibility index (Phi) is 12.9. The predicted molar refractivity (Wildman–Crippen MR) is 28.5 cm³/mol. The summed E-state index contributed by atoms with van der Waals surface area (Å²) in [6.45, 7) is 0. The van der Waals surface area contributed by atoms with Gasteiger partial charge in [0.05, 0.1) is 7.11 Å². The molecule has 0 rings (SSSR count). The molecule has 0 atom stereocenters. The summed E-state index contributed by atoms with van der Waals surface area (Å²) in [6.07, 6.45) is 1.18. The van der Waals surface area contributed by atoms with Crippen LogP contribution >= 0.6 is 0 Å². The number of carbonyl (C=O) groups is 1. The van der Waals surface area contributed by atoms with Crippen molar-refractivity contribution in [2.75, 3.05) is 7.11 Å². The average Bonchev–Trinajstić information content (AvgIpc) is 1.68. The molecule has 0 saturated carbocycles. The molecule has 0 radical (unpaired) electrons. The van der Waals surface area contributed by atoms with Gasteiger partial charge in [0.2, 0.25) is 0 Å². The summed E-state index contributed by atoms with van der Waals surface area (Å²) in [4.78, 5) is 10.0. The molecule has 0 unspecified atom stereocenters. The maximum atomic E-state index is 10.0. The van der Waals surface area contributed by atoms with Crippen LogP contribution in [0.25, 0.3) is 0 Å². The Bertz CT molecular complexity index is 92.0. The first kappa shape index (κ1) is 12.2. The fourth-order valence-electron chi connectivity index (χ4n) is 0.124. The van der Waals surface area contributed by atoms with Crippen molar-refractivity contribution >= 4 is 18.6 Å². The van der Waals surface area contributed by atoms with Gasteiger partial charge in [-0.1, -0.05) is 0 Å². The van der Waals surface area contributed by atoms with Crippen molar-refractivity contribution in [3.63, 3.8) is 0 Å². The first-order valence-corrected chi connectivity index (χ1v) is 2.15. The van der Waals surface area contributed by atoms with E-state index in [9.17, 15) is 4.79 Å². The second-order valence-corrected chi connectivity index (χ2v) is 1.10. The van der Waals surface area contributed by atoms with Crippen molar-refractivity contribution in [1.82, 2.24) is 0 Å². The first-order chi connectivity index (χ1) is 3.31. The Morgan fingerprint density at radius 3 is 2.38 bits per heavy atom. The molecule has 0 aromatic rings. The molecule has 0 heterocycles. The van der Waals surface area contributed by atoms with E-state index in [1.165, 1.54) is 18.6 Å². The quantitative estimate of drug-likeness (QED) is 0.286. The number of methoxy groups -OCH3 is 1. The summed E-state index contributed by atoms with van der Waals surface area (Å²) < 4.78 is 4.20. The van der Waals surface area contributed by atoms with Gasteiger partial charge in [-0.05, 0) is 6.08 Å². The van der Waals surface area contributed by atoms with Gasteiger partial charge >= 0.3 is 74.9 Å². The van der Waals surface area contributed by atoms with Crippen LogP contribution in [0, 0.1) is 0 Å². The third-order valence-electron chi connectivity index (χ3n) is 0.405. The minimum absolute atomic E-state index is 0. The fourth-order valence-corrected chi connectivity index (χ4v) is 0.235. The van der Waals surface area contributed by atoms with Gasteiger partial charge in [0, 0.05) is 0 Å². The molecule has 0 bridgehead atoms. The Labute approximate surface area is 113 Å². The molecule has 0 N–H and O–H groups in total. The molecule has 0 aliphatic rings. The van der Waals surface area contributed by atoms with Crippen LogP contribution in [0.2, 0.25) is 0 Å². The molecule has 0 aliphatic heterocycles. The number of hydrogen-bond donors (Lipinski definition) is 0. The number of carbonyl (C=O) groups excluding carboxylic acids is 1. The summed E-state index contributed by atoms with van der Waals surface area (Å²) in [5.74, 6) is -0.407. The monoisotopic (exact) mass is 250 g/mol. The van der Waals surface area contributed by atoms with E-state index in [0.29, 0.717) is 0 Å². The summed E-state index contributed by atoms with van der Waals surface area (Å²) >= 11 is 4.31. The van der Waals surface area contributed by atoms with E-state index in [-0.39, 0.29) is 68.9 Å². The molecule has 0 aromatic heterocycles. The van der Waals surface area contributed by atoms with Crippen LogP contribution in [0.1, 0.15) is 0 Å². The molecular weight excluding hydrogens is 245 g/mol. The molecule has 0 saturated heterocycles. The molecule has 8 heavy (non-hydrogen) atoms. The Hall–Kier alpha value is 1.48. The van der Waals surface area contributed by atoms with Crippen LogP contribution in [-0.2, 0) is 22.2 Å². The van der Waals surface area contributed by atoms with Crippen LogP contribution in [0.5, 0.6) is 0 Å². The average molecular weight is 250 g/mol. The maximum absolute atomic E-state index is 10.0. The summed E-state index contributed by atoms with van der Waals surface area (Å²) in [5.41, 5.74) is 0. The predicted octanol–water partition coefficient (Wildman–Crippen LogP) is -2.78. The van der Waals surface area contributed by atoms with E-state index in [1.807, 2.05) is 0 Å². The van der Waals surface area contributed by atoms with Crippen molar-refractivity contribution in [2.24, 2.45) is 0 Å². The first-order valence-electron chi connectivity index (χ1n) is 1.67. The Balaban J connectivity index is 0. The van der Waals surface area contributed by atoms with Gasteiger partial charge in [0.1, 0.15) is 0 Å². The minimum atomic E-state index is -0.407. The van der Waals surface area contributed by atoms with E-state index < -0.39 is 5.97 Å². The van der Waals surface area contributed by atoms with Crippen molar-refractivity contribution in [3.05, 3.63) is 11.5 Å². The number of ether oxygens (including phenoxy) is 1. The second kappa shape index (κ2) is 8.48. The van der Waals surface area contributed by atoms with Crippen molar-refractivity contribution in [1.29, 1.82) is 0 Å². The van der Waals surface area contributed by atoms with Gasteiger partial charge in [-0.2, -0.15) is 0 Å². The summed E-state index contributed by atoms with van der Waals surface area (Å²) in [5, 5.41) is 1.21. The van der Waals surface area contributed by atoms with Crippen molar-refractivity contribution in [3.8, 4) is 0 Å². The van der Waals surface area contributed by atoms with Crippen molar-refractivity contribution in [2.45, 2.75) is 0 Å². The molecule has 0 fully saturated rings. The van der Waals surface area contributed by atoms with Crippen LogP contribution in [0.4, 0.5) is 0 Å². The van der Waals surface area contributed by atoms with Gasteiger partial charge in [0.15, 0.2) is 0 Å². The summed E-state index contributed by atoms with van der Waals surface area (Å²) in [6, 6.07) is 0. The van der Waals surface area contributed by atoms with Crippen molar-refractivity contribution < 1.29 is 78.4 Å². The zero-order valence-electron chi connectivity index (χ0n) is 4.88. The largest absolute Gasteiger partial charge is 1.00 e. The molecule has 0 aromatic carbocycles. The Morgan fingerprint density at radius 2 is 2.25 bits per heavy atom. The molecule has 0 spiro atoms. The zero-order valence-corrected chi connectivity index (χ0v) is 12.0. The molecule has 4 heteroatoms. The molecule has 2 nitrogen and oxygen atoms in total. The van der Waals surface area contributed by atoms with E-state index >= 15 is 0 Å². The minimum Gasteiger partial charge on any atom is -0.787 e. The van der Waals surface area contributed by atoms with Crippen LogP contribution in [0.15, 0.2) is 11.5 Å². The molecular formula is C4H5CsO2S. The van der Waals surface area contributed by atoms with Gasteiger partial charge in [0.25, 0.3) is 0 Å². The molecule has 0 amide bonds. The normalized spacial score (nSPS) is 8.12. The van der Waals surface area contributed by atoms with Gasteiger partial charge < -0.3 is 17.4 Å². The number of rotatable bonds is 1. The SMILES string of the molecule is COC(=O)/C=C\[S-].[Cs+]. The van der Waals surface area contributed by atoms with E-state index in [2.05, 4.69) is 17.4 Å². The fraction of sp³-hybridized carbons (Fsp3) is 0.250. The number of hydrogen-bond acceptors (Lipinski definition) is 3. The Morgan fingerprint density at radius 1 is 1.75 bits per heavy atom.